The van der Waals surface area contributed by atoms with Crippen molar-refractivity contribution in [3.05, 3.63) is 38.3 Å². The van der Waals surface area contributed by atoms with E-state index in [0.29, 0.717) is 38.4 Å². The molecule has 1 aliphatic heterocycles. The van der Waals surface area contributed by atoms with Gasteiger partial charge in [-0.3, -0.25) is 4.79 Å². The second-order valence-electron chi connectivity index (χ2n) is 5.80. The number of amides is 3. The summed E-state index contributed by atoms with van der Waals surface area (Å²) in [5.41, 5.74) is 0.680. The minimum Gasteiger partial charge on any atom is -0.351 e. The van der Waals surface area contributed by atoms with Gasteiger partial charge >= 0.3 is 6.03 Å². The number of hydrogen-bond donors (Lipinski definition) is 1. The van der Waals surface area contributed by atoms with Crippen LogP contribution in [0.1, 0.15) is 21.1 Å². The van der Waals surface area contributed by atoms with Crippen molar-refractivity contribution in [2.45, 2.75) is 13.3 Å². The zero-order valence-corrected chi connectivity index (χ0v) is 16.2. The van der Waals surface area contributed by atoms with E-state index in [4.69, 9.17) is 4.52 Å². The van der Waals surface area contributed by atoms with Gasteiger partial charge in [0.05, 0.1) is 9.48 Å². The molecular weight excluding hydrogens is 408 g/mol. The molecule has 134 valence electrons. The fourth-order valence-corrected chi connectivity index (χ4v) is 4.11. The molecule has 9 heteroatoms. The second-order valence-corrected chi connectivity index (χ2v) is 8.35. The largest absolute Gasteiger partial charge is 0.351 e. The zero-order valence-electron chi connectivity index (χ0n) is 13.8. The predicted octanol–water partition coefficient (Wildman–Crippen LogP) is 2.52. The number of piperazine rings is 1. The number of rotatable bonds is 4. The summed E-state index contributed by atoms with van der Waals surface area (Å²) < 4.78 is 6.11. The van der Waals surface area contributed by atoms with Crippen LogP contribution in [0.3, 0.4) is 0 Å². The van der Waals surface area contributed by atoms with Crippen molar-refractivity contribution in [1.29, 1.82) is 0 Å². The quantitative estimate of drug-likeness (QED) is 0.814. The summed E-state index contributed by atoms with van der Waals surface area (Å²) in [7, 11) is 0. The molecule has 0 aliphatic carbocycles. The molecule has 1 N–H and O–H groups in total. The van der Waals surface area contributed by atoms with Gasteiger partial charge in [-0.05, 0) is 41.4 Å². The molecule has 3 rings (SSSR count). The lowest BCUT2D eigenvalue weighted by Gasteiger charge is -2.34. The van der Waals surface area contributed by atoms with E-state index >= 15 is 0 Å². The number of carbonyl (C=O) groups excluding carboxylic acids is 2. The van der Waals surface area contributed by atoms with Gasteiger partial charge in [0, 0.05) is 43.7 Å². The van der Waals surface area contributed by atoms with E-state index in [2.05, 4.69) is 32.5 Å². The van der Waals surface area contributed by atoms with Crippen LogP contribution in [-0.4, -0.2) is 59.6 Å². The van der Waals surface area contributed by atoms with Gasteiger partial charge in [-0.2, -0.15) is 0 Å². The van der Waals surface area contributed by atoms with Gasteiger partial charge < -0.3 is 19.6 Å². The molecule has 25 heavy (non-hydrogen) atoms. The Hall–Kier alpha value is -1.87. The Kier molecular flexibility index (Phi) is 5.74. The van der Waals surface area contributed by atoms with E-state index in [1.54, 1.807) is 34.1 Å². The van der Waals surface area contributed by atoms with Gasteiger partial charge in [0.2, 0.25) is 5.76 Å². The van der Waals surface area contributed by atoms with Crippen LogP contribution in [0, 0.1) is 6.92 Å². The molecule has 2 aromatic rings. The Balaban J connectivity index is 1.42. The van der Waals surface area contributed by atoms with Crippen LogP contribution in [0.4, 0.5) is 4.79 Å². The third-order valence-corrected chi connectivity index (χ3v) is 5.65. The average molecular weight is 427 g/mol. The molecule has 0 saturated carbocycles. The summed E-state index contributed by atoms with van der Waals surface area (Å²) in [6.45, 7) is 4.37. The predicted molar refractivity (Wildman–Crippen MR) is 97.8 cm³/mol. The lowest BCUT2D eigenvalue weighted by atomic mass is 10.3. The first-order valence-electron chi connectivity index (χ1n) is 8.02. The van der Waals surface area contributed by atoms with Crippen molar-refractivity contribution < 1.29 is 14.1 Å². The van der Waals surface area contributed by atoms with E-state index in [1.165, 1.54) is 4.88 Å². The van der Waals surface area contributed by atoms with Gasteiger partial charge in [0.15, 0.2) is 0 Å². The number of halogens is 1. The average Bonchev–Trinajstić information content (AvgIpc) is 3.22. The molecule has 3 heterocycles. The van der Waals surface area contributed by atoms with Crippen LogP contribution in [0.15, 0.2) is 26.5 Å². The molecule has 1 fully saturated rings. The normalized spacial score (nSPS) is 14.6. The van der Waals surface area contributed by atoms with Crippen molar-refractivity contribution in [3.8, 4) is 0 Å². The van der Waals surface area contributed by atoms with Gasteiger partial charge in [0.1, 0.15) is 0 Å². The Morgan fingerprint density at radius 2 is 2.00 bits per heavy atom. The maximum atomic E-state index is 12.3. The van der Waals surface area contributed by atoms with Gasteiger partial charge in [0.25, 0.3) is 5.91 Å². The van der Waals surface area contributed by atoms with Gasteiger partial charge in [-0.25, -0.2) is 4.79 Å². The molecule has 0 bridgehead atoms. The Morgan fingerprint density at radius 3 is 2.60 bits per heavy atom. The number of aromatic nitrogens is 1. The van der Waals surface area contributed by atoms with E-state index in [0.717, 1.165) is 10.2 Å². The first kappa shape index (κ1) is 17.9. The highest BCUT2D eigenvalue weighted by atomic mass is 79.9. The highest BCUT2D eigenvalue weighted by Crippen LogP contribution is 2.22. The van der Waals surface area contributed by atoms with Crippen LogP contribution < -0.4 is 5.32 Å². The summed E-state index contributed by atoms with van der Waals surface area (Å²) >= 11 is 5.10. The molecule has 0 aromatic carbocycles. The van der Waals surface area contributed by atoms with E-state index in [1.807, 2.05) is 6.07 Å². The van der Waals surface area contributed by atoms with Crippen LogP contribution >= 0.6 is 27.3 Å². The third-order valence-electron chi connectivity index (χ3n) is 3.97. The third kappa shape index (κ3) is 4.60. The first-order chi connectivity index (χ1) is 12.0. The summed E-state index contributed by atoms with van der Waals surface area (Å²) in [6.07, 6.45) is 0.811. The topological polar surface area (TPSA) is 78.7 Å². The van der Waals surface area contributed by atoms with E-state index < -0.39 is 0 Å². The fraction of sp³-hybridized carbons (Fsp3) is 0.438. The molecule has 0 atom stereocenters. The van der Waals surface area contributed by atoms with Crippen molar-refractivity contribution in [3.63, 3.8) is 0 Å². The molecule has 0 spiro atoms. The molecule has 7 nitrogen and oxygen atoms in total. The minimum atomic E-state index is -0.177. The van der Waals surface area contributed by atoms with Crippen molar-refractivity contribution in [1.82, 2.24) is 20.3 Å². The Labute approximate surface area is 158 Å². The van der Waals surface area contributed by atoms with Crippen LogP contribution in [0.2, 0.25) is 0 Å². The monoisotopic (exact) mass is 426 g/mol. The number of urea groups is 1. The smallest absolute Gasteiger partial charge is 0.317 e. The minimum absolute atomic E-state index is 0.0850. The second kappa shape index (κ2) is 8.01. The number of thiophene rings is 1. The number of nitrogens with one attached hydrogen (secondary N) is 1. The lowest BCUT2D eigenvalue weighted by molar-refractivity contribution is 0.0625. The Morgan fingerprint density at radius 1 is 1.28 bits per heavy atom. The molecule has 1 saturated heterocycles. The SMILES string of the molecule is Cc1cc(C(=O)N2CCN(C(=O)NCCc3ccc(Br)s3)CC2)on1. The highest BCUT2D eigenvalue weighted by molar-refractivity contribution is 9.11. The number of nitrogens with zero attached hydrogens (tertiary/aromatic N) is 3. The maximum Gasteiger partial charge on any atom is 0.317 e. The number of hydrogen-bond acceptors (Lipinski definition) is 5. The first-order valence-corrected chi connectivity index (χ1v) is 9.63. The summed E-state index contributed by atoms with van der Waals surface area (Å²) in [5.74, 6) is 0.0708. The van der Waals surface area contributed by atoms with E-state index in [-0.39, 0.29) is 17.7 Å². The highest BCUT2D eigenvalue weighted by Gasteiger charge is 2.26. The summed E-state index contributed by atoms with van der Waals surface area (Å²) in [4.78, 5) is 29.2. The van der Waals surface area contributed by atoms with Crippen molar-refractivity contribution >= 4 is 39.2 Å². The molecule has 3 amide bonds. The van der Waals surface area contributed by atoms with E-state index in [9.17, 15) is 9.59 Å². The van der Waals surface area contributed by atoms with Crippen LogP contribution in [0.25, 0.3) is 0 Å². The van der Waals surface area contributed by atoms with Crippen molar-refractivity contribution in [2.24, 2.45) is 0 Å². The molecular formula is C16H19BrN4O3S. The molecule has 1 aliphatic rings. The standard InChI is InChI=1S/C16H19BrN4O3S/c1-11-10-13(24-19-11)15(22)20-6-8-21(9-7-20)16(23)18-5-4-12-2-3-14(17)25-12/h2-3,10H,4-9H2,1H3,(H,18,23). The number of aryl methyl sites for hydroxylation is 1. The zero-order chi connectivity index (χ0) is 17.8. The van der Waals surface area contributed by atoms with Crippen molar-refractivity contribution in [2.75, 3.05) is 32.7 Å². The maximum absolute atomic E-state index is 12.3. The molecule has 2 aromatic heterocycles. The lowest BCUT2D eigenvalue weighted by Crippen LogP contribution is -2.53. The summed E-state index contributed by atoms with van der Waals surface area (Å²) in [5, 5.41) is 6.67. The summed E-state index contributed by atoms with van der Waals surface area (Å²) in [6, 6.07) is 5.60. The van der Waals surface area contributed by atoms with Gasteiger partial charge in [-0.1, -0.05) is 5.16 Å². The number of carbonyl (C=O) groups is 2. The fourth-order valence-electron chi connectivity index (χ4n) is 2.62. The molecule has 0 unspecified atom stereocenters. The van der Waals surface area contributed by atoms with Gasteiger partial charge in [-0.15, -0.1) is 11.3 Å². The molecule has 0 radical (unpaired) electrons. The Bertz CT molecular complexity index is 752. The van der Waals surface area contributed by atoms with Crippen LogP contribution in [0.5, 0.6) is 0 Å². The van der Waals surface area contributed by atoms with Crippen LogP contribution in [-0.2, 0) is 6.42 Å².